The van der Waals surface area contributed by atoms with E-state index in [1.807, 2.05) is 0 Å². The highest BCUT2D eigenvalue weighted by molar-refractivity contribution is 6.51. The van der Waals surface area contributed by atoms with Crippen LogP contribution >= 0.6 is 0 Å². The van der Waals surface area contributed by atoms with Gasteiger partial charge in [-0.2, -0.15) is 0 Å². The molecule has 4 rings (SSSR count). The number of anilines is 1. The van der Waals surface area contributed by atoms with Crippen molar-refractivity contribution in [1.82, 2.24) is 0 Å². The molecule has 31 heavy (non-hydrogen) atoms. The van der Waals surface area contributed by atoms with Gasteiger partial charge in [0.1, 0.15) is 34.9 Å². The molecule has 0 saturated carbocycles. The third-order valence-electron chi connectivity index (χ3n) is 5.02. The fourth-order valence-corrected chi connectivity index (χ4v) is 3.64. The van der Waals surface area contributed by atoms with Crippen LogP contribution in [-0.4, -0.2) is 31.0 Å². The van der Waals surface area contributed by atoms with Crippen LogP contribution in [-0.2, 0) is 9.59 Å². The summed E-state index contributed by atoms with van der Waals surface area (Å²) in [5.74, 6) is -2.32. The van der Waals surface area contributed by atoms with E-state index in [2.05, 4.69) is 0 Å². The first-order chi connectivity index (χ1) is 15.0. The molecule has 0 spiro atoms. The molecule has 1 fully saturated rings. The Bertz CT molecular complexity index is 1180. The Balaban J connectivity index is 1.98. The van der Waals surface area contributed by atoms with Gasteiger partial charge in [0.2, 0.25) is 0 Å². The van der Waals surface area contributed by atoms with Crippen molar-refractivity contribution in [2.24, 2.45) is 0 Å². The van der Waals surface area contributed by atoms with Gasteiger partial charge < -0.3 is 19.0 Å². The normalized spacial score (nSPS) is 17.8. The fraction of sp³-hybridized carbons (Fsp3) is 0.130. The van der Waals surface area contributed by atoms with Gasteiger partial charge in [0.05, 0.1) is 37.3 Å². The van der Waals surface area contributed by atoms with E-state index in [4.69, 9.17) is 13.9 Å². The number of halogens is 1. The number of carbonyl (C=O) groups excluding carboxylic acids is 2. The number of ketones is 1. The highest BCUT2D eigenvalue weighted by atomic mass is 19.1. The van der Waals surface area contributed by atoms with E-state index in [1.165, 1.54) is 31.4 Å². The number of aliphatic hydroxyl groups excluding tert-OH is 1. The van der Waals surface area contributed by atoms with E-state index in [0.717, 1.165) is 12.1 Å². The molecule has 0 radical (unpaired) electrons. The van der Waals surface area contributed by atoms with Gasteiger partial charge in [0.25, 0.3) is 11.7 Å². The standard InChI is InChI=1S/C23H18FNO6/c1-29-16-10-9-13(24)12-14(16)21(26)19-20(18-8-5-11-31-18)25(23(28)22(19)27)15-6-3-4-7-17(15)30-2/h3-12,20,26H,1-2H3/b21-19-. The van der Waals surface area contributed by atoms with E-state index < -0.39 is 29.3 Å². The lowest BCUT2D eigenvalue weighted by Crippen LogP contribution is -2.29. The zero-order valence-corrected chi connectivity index (χ0v) is 16.7. The molecule has 8 heteroatoms. The van der Waals surface area contributed by atoms with Crippen molar-refractivity contribution in [3.05, 3.63) is 83.6 Å². The number of benzene rings is 2. The molecule has 7 nitrogen and oxygen atoms in total. The van der Waals surface area contributed by atoms with Gasteiger partial charge >= 0.3 is 0 Å². The van der Waals surface area contributed by atoms with Crippen molar-refractivity contribution < 1.29 is 33.0 Å². The predicted molar refractivity (Wildman–Crippen MR) is 109 cm³/mol. The van der Waals surface area contributed by atoms with Crippen LogP contribution in [0.5, 0.6) is 11.5 Å². The summed E-state index contributed by atoms with van der Waals surface area (Å²) < 4.78 is 30.0. The largest absolute Gasteiger partial charge is 0.507 e. The van der Waals surface area contributed by atoms with Crippen molar-refractivity contribution in [2.45, 2.75) is 6.04 Å². The van der Waals surface area contributed by atoms with Gasteiger partial charge in [-0.25, -0.2) is 4.39 Å². The maximum absolute atomic E-state index is 13.9. The molecule has 0 aliphatic carbocycles. The fourth-order valence-electron chi connectivity index (χ4n) is 3.64. The van der Waals surface area contributed by atoms with Crippen LogP contribution in [0.1, 0.15) is 17.4 Å². The smallest absolute Gasteiger partial charge is 0.300 e. The number of aliphatic hydroxyl groups is 1. The van der Waals surface area contributed by atoms with Gasteiger partial charge in [0, 0.05) is 0 Å². The van der Waals surface area contributed by atoms with E-state index in [9.17, 15) is 19.1 Å². The Morgan fingerprint density at radius 2 is 1.77 bits per heavy atom. The third kappa shape index (κ3) is 3.31. The van der Waals surface area contributed by atoms with Crippen LogP contribution in [0.15, 0.2) is 70.9 Å². The Hall–Kier alpha value is -4.07. The van der Waals surface area contributed by atoms with Crippen LogP contribution in [0.25, 0.3) is 5.76 Å². The molecule has 1 unspecified atom stereocenters. The second-order valence-corrected chi connectivity index (χ2v) is 6.70. The Morgan fingerprint density at radius 1 is 1.03 bits per heavy atom. The lowest BCUT2D eigenvalue weighted by Gasteiger charge is -2.25. The van der Waals surface area contributed by atoms with Crippen molar-refractivity contribution in [2.75, 3.05) is 19.1 Å². The Kier molecular flexibility index (Phi) is 5.21. The number of carbonyl (C=O) groups is 2. The maximum atomic E-state index is 13.9. The Morgan fingerprint density at radius 3 is 2.45 bits per heavy atom. The number of methoxy groups -OCH3 is 2. The number of rotatable bonds is 5. The number of hydrogen-bond donors (Lipinski definition) is 1. The summed E-state index contributed by atoms with van der Waals surface area (Å²) in [6.45, 7) is 0. The molecule has 1 amide bonds. The lowest BCUT2D eigenvalue weighted by atomic mass is 9.98. The molecule has 2 aromatic carbocycles. The molecular formula is C23H18FNO6. The zero-order chi connectivity index (χ0) is 22.1. The second kappa shape index (κ2) is 7.98. The number of furan rings is 1. The van der Waals surface area contributed by atoms with Crippen molar-refractivity contribution in [3.8, 4) is 11.5 Å². The molecule has 1 aliphatic heterocycles. The van der Waals surface area contributed by atoms with Gasteiger partial charge in [-0.1, -0.05) is 12.1 Å². The summed E-state index contributed by atoms with van der Waals surface area (Å²) in [7, 11) is 2.79. The van der Waals surface area contributed by atoms with Gasteiger partial charge in [-0.3, -0.25) is 14.5 Å². The molecule has 1 saturated heterocycles. The first kappa shape index (κ1) is 20.2. The molecule has 3 aromatic rings. The quantitative estimate of drug-likeness (QED) is 0.378. The topological polar surface area (TPSA) is 89.2 Å². The molecule has 2 heterocycles. The molecule has 1 N–H and O–H groups in total. The van der Waals surface area contributed by atoms with Crippen LogP contribution in [0.4, 0.5) is 10.1 Å². The highest BCUT2D eigenvalue weighted by Gasteiger charge is 2.49. The number of hydrogen-bond acceptors (Lipinski definition) is 6. The van der Waals surface area contributed by atoms with E-state index in [0.29, 0.717) is 11.4 Å². The first-order valence-corrected chi connectivity index (χ1v) is 9.29. The third-order valence-corrected chi connectivity index (χ3v) is 5.02. The number of ether oxygens (including phenoxy) is 2. The zero-order valence-electron chi connectivity index (χ0n) is 16.7. The lowest BCUT2D eigenvalue weighted by molar-refractivity contribution is -0.132. The van der Waals surface area contributed by atoms with Gasteiger partial charge in [-0.05, 0) is 42.5 Å². The van der Waals surface area contributed by atoms with E-state index in [1.54, 1.807) is 36.4 Å². The summed E-state index contributed by atoms with van der Waals surface area (Å²) in [5, 5.41) is 11.1. The van der Waals surface area contributed by atoms with Gasteiger partial charge in [-0.15, -0.1) is 0 Å². The van der Waals surface area contributed by atoms with E-state index in [-0.39, 0.29) is 22.6 Å². The monoisotopic (exact) mass is 423 g/mol. The maximum Gasteiger partial charge on any atom is 0.300 e. The molecule has 0 bridgehead atoms. The van der Waals surface area contributed by atoms with Crippen LogP contribution in [0, 0.1) is 5.82 Å². The average molecular weight is 423 g/mol. The predicted octanol–water partition coefficient (Wildman–Crippen LogP) is 4.06. The summed E-state index contributed by atoms with van der Waals surface area (Å²) in [6.07, 6.45) is 1.39. The van der Waals surface area contributed by atoms with Crippen LogP contribution in [0.3, 0.4) is 0 Å². The van der Waals surface area contributed by atoms with Crippen molar-refractivity contribution in [1.29, 1.82) is 0 Å². The molecule has 1 aliphatic rings. The minimum absolute atomic E-state index is 0.0583. The summed E-state index contributed by atoms with van der Waals surface area (Å²) in [6, 6.07) is 12.3. The summed E-state index contributed by atoms with van der Waals surface area (Å²) in [4.78, 5) is 27.3. The summed E-state index contributed by atoms with van der Waals surface area (Å²) >= 11 is 0. The number of nitrogens with zero attached hydrogens (tertiary/aromatic N) is 1. The average Bonchev–Trinajstić information content (AvgIpc) is 3.40. The number of para-hydroxylation sites is 2. The second-order valence-electron chi connectivity index (χ2n) is 6.70. The highest BCUT2D eigenvalue weighted by Crippen LogP contribution is 2.45. The Labute approximate surface area is 176 Å². The van der Waals surface area contributed by atoms with Crippen LogP contribution < -0.4 is 14.4 Å². The number of Topliss-reactive ketones (excluding diaryl/α,β-unsaturated/α-hetero) is 1. The summed E-state index contributed by atoms with van der Waals surface area (Å²) in [5.41, 5.74) is 0.00518. The number of amides is 1. The van der Waals surface area contributed by atoms with Crippen LogP contribution in [0.2, 0.25) is 0 Å². The first-order valence-electron chi connectivity index (χ1n) is 9.29. The molecule has 158 valence electrons. The minimum Gasteiger partial charge on any atom is -0.507 e. The SMILES string of the molecule is COc1ccc(F)cc1/C(O)=C1/C(=O)C(=O)N(c2ccccc2OC)C1c1ccco1. The van der Waals surface area contributed by atoms with Gasteiger partial charge in [0.15, 0.2) is 0 Å². The van der Waals surface area contributed by atoms with E-state index >= 15 is 0 Å². The van der Waals surface area contributed by atoms with Crippen molar-refractivity contribution in [3.63, 3.8) is 0 Å². The molecule has 1 atom stereocenters. The molecule has 1 aromatic heterocycles. The van der Waals surface area contributed by atoms with Crippen molar-refractivity contribution >= 4 is 23.1 Å². The molecular weight excluding hydrogens is 405 g/mol. The minimum atomic E-state index is -1.10.